The molecule has 0 radical (unpaired) electrons. The van der Waals surface area contributed by atoms with Gasteiger partial charge in [-0.1, -0.05) is 62.2 Å². The molecule has 58 heavy (non-hydrogen) atoms. The first-order chi connectivity index (χ1) is 27.1. The number of hydrogen-bond acceptors (Lipinski definition) is 9. The van der Waals surface area contributed by atoms with Crippen molar-refractivity contribution in [2.24, 2.45) is 11.8 Å². The molecule has 0 aromatic heterocycles. The first kappa shape index (κ1) is 44.9. The average Bonchev–Trinajstić information content (AvgIpc) is 3.85. The second kappa shape index (κ2) is 17.6. The third kappa shape index (κ3) is 9.48. The van der Waals surface area contributed by atoms with Crippen molar-refractivity contribution in [3.8, 4) is 0 Å². The van der Waals surface area contributed by atoms with E-state index in [9.17, 15) is 28.7 Å². The Kier molecular flexibility index (Phi) is 13.6. The van der Waals surface area contributed by atoms with Crippen LogP contribution in [0.5, 0.6) is 0 Å². The molecular weight excluding hydrogens is 774 g/mol. The normalized spacial score (nSPS) is 29.8. The lowest BCUT2D eigenvalue weighted by Crippen LogP contribution is -2.53. The number of fused-ring (bicyclic) bond motifs is 5. The van der Waals surface area contributed by atoms with Gasteiger partial charge in [0.2, 0.25) is 5.91 Å². The zero-order valence-corrected chi connectivity index (χ0v) is 35.6. The van der Waals surface area contributed by atoms with Crippen LogP contribution in [0.1, 0.15) is 87.9 Å². The van der Waals surface area contributed by atoms with Crippen LogP contribution in [-0.4, -0.2) is 96.6 Å². The van der Waals surface area contributed by atoms with Crippen molar-refractivity contribution in [2.45, 2.75) is 122 Å². The van der Waals surface area contributed by atoms with Gasteiger partial charge in [-0.25, -0.2) is 13.6 Å². The van der Waals surface area contributed by atoms with Crippen molar-refractivity contribution in [2.75, 3.05) is 26.1 Å². The van der Waals surface area contributed by atoms with Crippen molar-refractivity contribution >= 4 is 41.0 Å². The van der Waals surface area contributed by atoms with E-state index in [4.69, 9.17) is 30.5 Å². The molecule has 0 spiro atoms. The Morgan fingerprint density at radius 2 is 1.81 bits per heavy atom. The summed E-state index contributed by atoms with van der Waals surface area (Å²) in [7, 11) is 4.29. The maximum Gasteiger partial charge on any atom is 0.328 e. The maximum absolute atomic E-state index is 15.2. The van der Waals surface area contributed by atoms with Crippen LogP contribution in [0, 0.1) is 30.4 Å². The summed E-state index contributed by atoms with van der Waals surface area (Å²) in [5, 5.41) is 12.2. The van der Waals surface area contributed by atoms with E-state index < -0.39 is 88.5 Å². The highest BCUT2D eigenvalue weighted by atomic mass is 35.5. The van der Waals surface area contributed by atoms with Gasteiger partial charge in [0.15, 0.2) is 0 Å². The Morgan fingerprint density at radius 3 is 2.47 bits per heavy atom. The lowest BCUT2D eigenvalue weighted by Gasteiger charge is -2.41. The number of carbonyl (C=O) groups is 4. The lowest BCUT2D eigenvalue weighted by atomic mass is 9.78. The van der Waals surface area contributed by atoms with Gasteiger partial charge >= 0.3 is 11.9 Å². The smallest absolute Gasteiger partial charge is 0.328 e. The van der Waals surface area contributed by atoms with Crippen molar-refractivity contribution < 1.29 is 52.0 Å². The topological polar surface area (TPSA) is 135 Å². The molecule has 1 N–H and O–H groups in total. The fourth-order valence-electron chi connectivity index (χ4n) is 8.01. The van der Waals surface area contributed by atoms with Crippen molar-refractivity contribution in [3.05, 3.63) is 87.0 Å². The first-order valence-electron chi connectivity index (χ1n) is 19.6. The summed E-state index contributed by atoms with van der Waals surface area (Å²) >= 11 is 6.78. The monoisotopic (exact) mass is 828 g/mol. The van der Waals surface area contributed by atoms with Gasteiger partial charge in [0, 0.05) is 33.5 Å². The molecule has 3 heterocycles. The zero-order valence-electron chi connectivity index (χ0n) is 34.9. The quantitative estimate of drug-likeness (QED) is 0.235. The third-order valence-corrected chi connectivity index (χ3v) is 12.2. The Bertz CT molecular complexity index is 2000. The highest BCUT2D eigenvalue weighted by molar-refractivity contribution is 6.34. The largest absolute Gasteiger partial charge is 0.462 e. The fraction of sp³-hybridized carbons (Fsp3) is 0.545. The van der Waals surface area contributed by atoms with Gasteiger partial charge in [0.1, 0.15) is 47.2 Å². The number of epoxide rings is 1. The number of benzene rings is 2. The van der Waals surface area contributed by atoms with Gasteiger partial charge in [0.25, 0.3) is 5.91 Å². The minimum Gasteiger partial charge on any atom is -0.462 e. The summed E-state index contributed by atoms with van der Waals surface area (Å²) in [5.74, 6) is -5.14. The third-order valence-electron chi connectivity index (χ3n) is 11.7. The fourth-order valence-corrected chi connectivity index (χ4v) is 8.24. The number of rotatable bonds is 7. The standard InChI is InChI=1S/C44H55ClF2N2O9/c1-23(2)14-29-18-32(47)30(19-31(29)46)41(52)48(8)27(6)42(53)57-36-20-37(50)49(9)33-17-28(16-25(4)39(33)45)15-24(3)12-11-13-35(55-10)44(54)21-34(56-38(51)22-44)26(5)40-43(36,7)58-40/h11-13,16-19,23,26-27,34-36,40,54H,14-15,20-22H2,1-10H3/b13-11+,24-12+/t26-,27+,34+,35-,36+,40+,43+,44-/m1/s1. The van der Waals surface area contributed by atoms with Crippen molar-refractivity contribution in [1.29, 1.82) is 0 Å². The number of hydrogen-bond donors (Lipinski definition) is 1. The number of allylic oxidation sites excluding steroid dienone is 3. The van der Waals surface area contributed by atoms with Crippen molar-refractivity contribution in [1.82, 2.24) is 4.90 Å². The number of halogens is 3. The number of carbonyl (C=O) groups excluding carboxylic acids is 4. The lowest BCUT2D eigenvalue weighted by molar-refractivity contribution is -0.187. The molecule has 4 bridgehead atoms. The van der Waals surface area contributed by atoms with Crippen LogP contribution in [0.4, 0.5) is 14.5 Å². The summed E-state index contributed by atoms with van der Waals surface area (Å²) < 4.78 is 53.9. The highest BCUT2D eigenvalue weighted by Crippen LogP contribution is 2.49. The molecule has 2 aromatic carbocycles. The molecule has 8 atom stereocenters. The zero-order chi connectivity index (χ0) is 43.0. The van der Waals surface area contributed by atoms with Crippen LogP contribution in [0.25, 0.3) is 0 Å². The summed E-state index contributed by atoms with van der Waals surface area (Å²) in [4.78, 5) is 57.0. The Hall–Kier alpha value is -4.17. The van der Waals surface area contributed by atoms with E-state index in [1.807, 2.05) is 45.9 Å². The van der Waals surface area contributed by atoms with Crippen LogP contribution < -0.4 is 4.90 Å². The number of nitrogens with zero attached hydrogens (tertiary/aromatic N) is 2. The van der Waals surface area contributed by atoms with Crippen LogP contribution in [0.2, 0.25) is 5.02 Å². The molecule has 3 aliphatic heterocycles. The molecule has 2 saturated heterocycles. The molecule has 0 saturated carbocycles. The number of likely N-dealkylation sites (N-methyl/N-ethyl adjacent to an activating group) is 1. The molecule has 0 unspecified atom stereocenters. The van der Waals surface area contributed by atoms with Gasteiger partial charge in [-0.05, 0) is 81.3 Å². The van der Waals surface area contributed by atoms with E-state index in [0.717, 1.165) is 33.7 Å². The van der Waals surface area contributed by atoms with Gasteiger partial charge in [-0.2, -0.15) is 0 Å². The number of ether oxygens (including phenoxy) is 4. The number of esters is 2. The van der Waals surface area contributed by atoms with Crippen LogP contribution in [-0.2, 0) is 46.2 Å². The number of amides is 2. The predicted octanol–water partition coefficient (Wildman–Crippen LogP) is 6.85. The summed E-state index contributed by atoms with van der Waals surface area (Å²) in [6, 6.07) is 4.26. The minimum atomic E-state index is -1.62. The summed E-state index contributed by atoms with van der Waals surface area (Å²) in [6.07, 6.45) is 1.78. The Labute approximate surface area is 344 Å². The highest BCUT2D eigenvalue weighted by Gasteiger charge is 2.64. The first-order valence-corrected chi connectivity index (χ1v) is 20.0. The van der Waals surface area contributed by atoms with Gasteiger partial charge < -0.3 is 33.9 Å². The van der Waals surface area contributed by atoms with E-state index in [0.29, 0.717) is 17.1 Å². The van der Waals surface area contributed by atoms with Gasteiger partial charge in [-0.3, -0.25) is 14.4 Å². The Balaban J connectivity index is 1.49. The molecule has 2 fully saturated rings. The molecule has 316 valence electrons. The number of aryl methyl sites for hydroxylation is 1. The number of methoxy groups -OCH3 is 1. The van der Waals surface area contributed by atoms with E-state index >= 15 is 4.39 Å². The van der Waals surface area contributed by atoms with E-state index in [-0.39, 0.29) is 37.2 Å². The molecule has 3 aliphatic rings. The van der Waals surface area contributed by atoms with Gasteiger partial charge in [0.05, 0.1) is 35.2 Å². The second-order valence-corrected chi connectivity index (χ2v) is 17.1. The molecule has 0 aliphatic carbocycles. The minimum absolute atomic E-state index is 0.0106. The molecule has 5 rings (SSSR count). The molecule has 11 nitrogen and oxygen atoms in total. The summed E-state index contributed by atoms with van der Waals surface area (Å²) in [6.45, 7) is 12.3. The Morgan fingerprint density at radius 1 is 1.12 bits per heavy atom. The molecule has 14 heteroatoms. The molecule has 2 amide bonds. The predicted molar refractivity (Wildman–Crippen MR) is 214 cm³/mol. The summed E-state index contributed by atoms with van der Waals surface area (Å²) in [5.41, 5.74) is -0.325. The van der Waals surface area contributed by atoms with E-state index in [1.54, 1.807) is 33.0 Å². The van der Waals surface area contributed by atoms with E-state index in [1.165, 1.54) is 26.0 Å². The second-order valence-electron chi connectivity index (χ2n) is 16.8. The van der Waals surface area contributed by atoms with Crippen LogP contribution in [0.15, 0.2) is 48.1 Å². The number of anilines is 1. The van der Waals surface area contributed by atoms with E-state index in [2.05, 4.69) is 0 Å². The molecular formula is C44H55ClF2N2O9. The SMILES string of the molecule is CO[C@@H]1/C=C/C=C(\C)Cc2cc(C)c(Cl)c(c2)N(C)C(=O)C[C@H](OC(=O)[C@H](C)N(C)C(=O)c2cc(F)c(CC(C)C)cc2F)[C@]2(C)O[C@H]2[C@H](C)[C@@H]2C[C@@]1(O)CC(=O)O2. The van der Waals surface area contributed by atoms with Crippen LogP contribution >= 0.6 is 11.6 Å². The maximum atomic E-state index is 15.2. The van der Waals surface area contributed by atoms with Crippen molar-refractivity contribution in [3.63, 3.8) is 0 Å². The number of aliphatic hydroxyl groups is 1. The molecule has 2 aromatic rings. The van der Waals surface area contributed by atoms with Crippen LogP contribution in [0.3, 0.4) is 0 Å². The average molecular weight is 829 g/mol. The van der Waals surface area contributed by atoms with Gasteiger partial charge in [-0.15, -0.1) is 0 Å².